The summed E-state index contributed by atoms with van der Waals surface area (Å²) < 4.78 is 8.42. The van der Waals surface area contributed by atoms with Crippen molar-refractivity contribution in [2.24, 2.45) is 0 Å². The molecule has 0 N–H and O–H groups in total. The molecule has 1 radical (unpaired) electrons. The molecule has 0 fully saturated rings. The van der Waals surface area contributed by atoms with Crippen molar-refractivity contribution < 1.29 is 24.5 Å². The number of aryl methyl sites for hydroxylation is 1. The summed E-state index contributed by atoms with van der Waals surface area (Å²) in [6, 6.07) is 55.2. The maximum atomic E-state index is 6.25. The Morgan fingerprint density at radius 1 is 0.734 bits per heavy atom. The molecule has 0 bridgehead atoms. The molecule has 5 aromatic heterocycles. The van der Waals surface area contributed by atoms with Gasteiger partial charge >= 0.3 is 0 Å². The van der Waals surface area contributed by atoms with Crippen LogP contribution in [0.5, 0.6) is 0 Å². The van der Waals surface area contributed by atoms with Crippen molar-refractivity contribution in [3.63, 3.8) is 0 Å². The predicted octanol–water partition coefficient (Wildman–Crippen LogP) is 13.7. The largest absolute Gasteiger partial charge is 0.459 e. The van der Waals surface area contributed by atoms with Gasteiger partial charge in [0.05, 0.1) is 36.7 Å². The zero-order valence-electron chi connectivity index (χ0n) is 37.6. The van der Waals surface area contributed by atoms with Gasteiger partial charge in [-0.1, -0.05) is 144 Å². The van der Waals surface area contributed by atoms with E-state index < -0.39 is 8.07 Å². The summed E-state index contributed by atoms with van der Waals surface area (Å²) in [6.45, 7) is 18.1. The van der Waals surface area contributed by atoms with Crippen LogP contribution in [0, 0.1) is 19.1 Å². The van der Waals surface area contributed by atoms with E-state index in [0.29, 0.717) is 17.2 Å². The molecule has 0 spiro atoms. The van der Waals surface area contributed by atoms with Crippen molar-refractivity contribution in [3.05, 3.63) is 193 Å². The van der Waals surface area contributed by atoms with Crippen molar-refractivity contribution in [1.82, 2.24) is 24.5 Å². The van der Waals surface area contributed by atoms with Gasteiger partial charge in [-0.15, -0.1) is 47.5 Å². The third-order valence-electron chi connectivity index (χ3n) is 11.8. The minimum atomic E-state index is -1.47. The first kappa shape index (κ1) is 44.3. The zero-order chi connectivity index (χ0) is 43.9. The molecular formula is C56H51IrN5OSi-2. The summed E-state index contributed by atoms with van der Waals surface area (Å²) in [5.74, 6) is 1.15. The molecule has 8 heteroatoms. The molecule has 1 unspecified atom stereocenters. The van der Waals surface area contributed by atoms with Gasteiger partial charge in [-0.2, -0.15) is 0 Å². The monoisotopic (exact) mass is 1030 g/mol. The second-order valence-electron chi connectivity index (χ2n) is 18.3. The number of aromatic nitrogens is 5. The van der Waals surface area contributed by atoms with Gasteiger partial charge in [0.1, 0.15) is 0 Å². The van der Waals surface area contributed by atoms with Crippen molar-refractivity contribution >= 4 is 46.4 Å². The van der Waals surface area contributed by atoms with Gasteiger partial charge in [0.25, 0.3) is 0 Å². The number of imidazole rings is 1. The Morgan fingerprint density at radius 2 is 1.45 bits per heavy atom. The molecule has 0 amide bonds. The molecule has 0 saturated carbocycles. The number of rotatable bonds is 7. The van der Waals surface area contributed by atoms with Crippen LogP contribution in [0.25, 0.3) is 72.6 Å². The fourth-order valence-electron chi connectivity index (χ4n) is 8.34. The number of hydrogen-bond donors (Lipinski definition) is 0. The fourth-order valence-corrected chi connectivity index (χ4v) is 9.94. The Hall–Kier alpha value is -6.31. The Kier molecular flexibility index (Phi) is 12.5. The van der Waals surface area contributed by atoms with Crippen LogP contribution in [0.2, 0.25) is 19.6 Å². The van der Waals surface area contributed by atoms with Crippen LogP contribution >= 0.6 is 0 Å². The molecular weight excluding hydrogens is 979 g/mol. The first-order valence-electron chi connectivity index (χ1n) is 21.6. The normalized spacial score (nSPS) is 12.2. The van der Waals surface area contributed by atoms with Crippen LogP contribution in [0.15, 0.2) is 163 Å². The molecule has 64 heavy (non-hydrogen) atoms. The van der Waals surface area contributed by atoms with Crippen molar-refractivity contribution in [1.29, 1.82) is 0 Å². The van der Waals surface area contributed by atoms with E-state index in [1.54, 1.807) is 6.20 Å². The van der Waals surface area contributed by atoms with E-state index in [0.717, 1.165) is 67.0 Å². The molecule has 6 nitrogen and oxygen atoms in total. The van der Waals surface area contributed by atoms with Crippen LogP contribution in [-0.4, -0.2) is 32.6 Å². The van der Waals surface area contributed by atoms with Gasteiger partial charge in [0.2, 0.25) is 5.71 Å². The first-order chi connectivity index (χ1) is 30.3. The topological polar surface area (TPSA) is 69.6 Å². The maximum absolute atomic E-state index is 6.25. The van der Waals surface area contributed by atoms with Gasteiger partial charge in [-0.3, -0.25) is 9.97 Å². The molecule has 0 aliphatic heterocycles. The van der Waals surface area contributed by atoms with E-state index in [9.17, 15) is 0 Å². The molecule has 5 heterocycles. The number of nitrogens with zero attached hydrogens (tertiary/aromatic N) is 5. The SMILES string of the molecule is CC(c1ccccc1)c1cc(-c2[c-]cccc2)ncc1[Si](C)(C)C.Cc1cc2nc(-c3[c-]c4oc5ncccc5c4c(-c4ccccc4)c3)n(-c3ccc(C(C)(C)C)cc3)c2cn1.[Ir]. The number of hydrogen-bond acceptors (Lipinski definition) is 5. The van der Waals surface area contributed by atoms with Crippen LogP contribution in [-0.2, 0) is 25.5 Å². The second kappa shape index (κ2) is 18.0. The average Bonchev–Trinajstić information content (AvgIpc) is 3.87. The Morgan fingerprint density at radius 3 is 2.14 bits per heavy atom. The average molecular weight is 1030 g/mol. The number of furan rings is 1. The molecule has 10 aromatic rings. The fraction of sp³-hybridized carbons (Fsp3) is 0.179. The molecule has 0 aliphatic rings. The van der Waals surface area contributed by atoms with E-state index in [2.05, 4.69) is 183 Å². The maximum Gasteiger partial charge on any atom is 0.215 e. The van der Waals surface area contributed by atoms with Gasteiger partial charge in [0.15, 0.2) is 0 Å². The van der Waals surface area contributed by atoms with Gasteiger partial charge in [-0.25, -0.2) is 4.98 Å². The molecule has 1 atom stereocenters. The molecule has 5 aromatic carbocycles. The van der Waals surface area contributed by atoms with Crippen LogP contribution in [0.4, 0.5) is 0 Å². The number of fused-ring (bicyclic) bond motifs is 4. The Labute approximate surface area is 390 Å². The van der Waals surface area contributed by atoms with Gasteiger partial charge in [0, 0.05) is 55.2 Å². The van der Waals surface area contributed by atoms with E-state index in [1.165, 1.54) is 21.9 Å². The standard InChI is InChI=1S/C34H27N4O.C22H24NSi.Ir/c1-21-17-28-29(20-36-21)38(25-14-12-24(13-15-25)34(2,3)4)32(37-28)23-18-27(22-9-6-5-7-10-22)31-26-11-8-16-35-33(26)39-30(31)19-23;1-17(18-11-7-5-8-12-18)20-15-21(19-13-9-6-10-14-19)23-16-22(20)24(2,3)4;/h5-18,20H,1-4H3;5-13,15-17H,1-4H3;/q2*-1;. The summed E-state index contributed by atoms with van der Waals surface area (Å²) in [6.07, 6.45) is 5.77. The summed E-state index contributed by atoms with van der Waals surface area (Å²) in [5.41, 5.74) is 14.2. The number of benzene rings is 5. The zero-order valence-corrected chi connectivity index (χ0v) is 41.0. The Balaban J connectivity index is 0.000000193. The molecule has 0 saturated heterocycles. The minimum Gasteiger partial charge on any atom is -0.459 e. The van der Waals surface area contributed by atoms with Crippen LogP contribution in [0.3, 0.4) is 0 Å². The van der Waals surface area contributed by atoms with Crippen molar-refractivity contribution in [2.75, 3.05) is 0 Å². The van der Waals surface area contributed by atoms with Gasteiger partial charge < -0.3 is 14.0 Å². The molecule has 10 rings (SSSR count). The Bertz CT molecular complexity index is 3200. The summed E-state index contributed by atoms with van der Waals surface area (Å²) in [4.78, 5) is 19.0. The van der Waals surface area contributed by atoms with E-state index in [1.807, 2.05) is 49.5 Å². The van der Waals surface area contributed by atoms with E-state index in [4.69, 9.17) is 14.4 Å². The quantitative estimate of drug-likeness (QED) is 0.117. The molecule has 321 valence electrons. The predicted molar refractivity (Wildman–Crippen MR) is 263 cm³/mol. The summed E-state index contributed by atoms with van der Waals surface area (Å²) >= 11 is 0. The van der Waals surface area contributed by atoms with Crippen LogP contribution < -0.4 is 5.19 Å². The second-order valence-corrected chi connectivity index (χ2v) is 23.4. The van der Waals surface area contributed by atoms with Crippen molar-refractivity contribution in [3.8, 4) is 39.5 Å². The van der Waals surface area contributed by atoms with E-state index >= 15 is 0 Å². The summed E-state index contributed by atoms with van der Waals surface area (Å²) in [7, 11) is -1.47. The smallest absolute Gasteiger partial charge is 0.215 e. The first-order valence-corrected chi connectivity index (χ1v) is 25.1. The minimum absolute atomic E-state index is 0. The van der Waals surface area contributed by atoms with Crippen LogP contribution in [0.1, 0.15) is 56.0 Å². The number of pyridine rings is 3. The third-order valence-corrected chi connectivity index (χ3v) is 13.8. The molecule has 0 aliphatic carbocycles. The van der Waals surface area contributed by atoms with Gasteiger partial charge in [-0.05, 0) is 75.1 Å². The third kappa shape index (κ3) is 8.91. The summed E-state index contributed by atoms with van der Waals surface area (Å²) in [5, 5.41) is 3.42. The van der Waals surface area contributed by atoms with Crippen molar-refractivity contribution in [2.45, 2.75) is 65.6 Å². The van der Waals surface area contributed by atoms with E-state index in [-0.39, 0.29) is 25.5 Å².